The van der Waals surface area contributed by atoms with Crippen molar-refractivity contribution in [2.24, 2.45) is 5.16 Å². The third kappa shape index (κ3) is 7.01. The Morgan fingerprint density at radius 3 is 2.37 bits per heavy atom. The van der Waals surface area contributed by atoms with Crippen molar-refractivity contribution in [1.82, 2.24) is 14.7 Å². The molecule has 4 rings (SSSR count). The van der Waals surface area contributed by atoms with Gasteiger partial charge in [0.25, 0.3) is 5.91 Å². The molecule has 8 nitrogen and oxygen atoms in total. The smallest absolute Gasteiger partial charge is 0.260 e. The number of oxime groups is 1. The van der Waals surface area contributed by atoms with Gasteiger partial charge >= 0.3 is 0 Å². The fraction of sp³-hybridized carbons (Fsp3) is 0.433. The third-order valence-electron chi connectivity index (χ3n) is 6.47. The molecule has 2 heterocycles. The monoisotopic (exact) mass is 518 g/mol. The summed E-state index contributed by atoms with van der Waals surface area (Å²) in [6.07, 6.45) is 0.709. The topological polar surface area (TPSA) is 78.2 Å². The number of carbonyl (C=O) groups excluding carboxylic acids is 1. The molecule has 0 spiro atoms. The number of hydrogen-bond acceptors (Lipinski definition) is 6. The largest absolute Gasteiger partial charge is 0.484 e. The number of aryl methyl sites for hydroxylation is 1. The number of morpholine rings is 1. The maximum absolute atomic E-state index is 12.3. The molecule has 0 N–H and O–H groups in total. The van der Waals surface area contributed by atoms with Gasteiger partial charge in [-0.15, -0.1) is 0 Å². The SMILES string of the molecule is CC/C(=N/OCc1cc(C(C)(C)C)nn1-c1ccc(C)cc1)c1ccc(OCC(=O)N2CCOCC2)cc1. The van der Waals surface area contributed by atoms with Crippen LogP contribution in [0.25, 0.3) is 5.69 Å². The molecule has 0 saturated carbocycles. The average molecular weight is 519 g/mol. The zero-order valence-electron chi connectivity index (χ0n) is 23.1. The minimum Gasteiger partial charge on any atom is -0.484 e. The van der Waals surface area contributed by atoms with Gasteiger partial charge in [0.1, 0.15) is 5.75 Å². The van der Waals surface area contributed by atoms with Crippen molar-refractivity contribution < 1.29 is 19.1 Å². The fourth-order valence-corrected chi connectivity index (χ4v) is 4.09. The number of ether oxygens (including phenoxy) is 2. The molecule has 0 unspecified atom stereocenters. The molecule has 0 aliphatic carbocycles. The summed E-state index contributed by atoms with van der Waals surface area (Å²) in [7, 11) is 0. The molecule has 38 heavy (non-hydrogen) atoms. The highest BCUT2D eigenvalue weighted by Crippen LogP contribution is 2.24. The average Bonchev–Trinajstić information content (AvgIpc) is 3.36. The zero-order chi connectivity index (χ0) is 27.1. The first-order valence-electron chi connectivity index (χ1n) is 13.2. The van der Waals surface area contributed by atoms with Gasteiger partial charge in [-0.3, -0.25) is 4.79 Å². The molecule has 1 saturated heterocycles. The van der Waals surface area contributed by atoms with Crippen LogP contribution in [-0.2, 0) is 26.4 Å². The molecule has 0 bridgehead atoms. The Labute approximate surface area is 225 Å². The summed E-state index contributed by atoms with van der Waals surface area (Å²) in [4.78, 5) is 19.9. The Balaban J connectivity index is 1.41. The maximum atomic E-state index is 12.3. The van der Waals surface area contributed by atoms with Crippen molar-refractivity contribution in [2.45, 2.75) is 53.1 Å². The van der Waals surface area contributed by atoms with E-state index in [9.17, 15) is 4.79 Å². The van der Waals surface area contributed by atoms with Gasteiger partial charge in [-0.05, 0) is 61.4 Å². The minimum atomic E-state index is -0.0842. The lowest BCUT2D eigenvalue weighted by molar-refractivity contribution is -0.137. The van der Waals surface area contributed by atoms with Crippen LogP contribution < -0.4 is 4.74 Å². The van der Waals surface area contributed by atoms with Gasteiger partial charge in [0.2, 0.25) is 0 Å². The van der Waals surface area contributed by atoms with Gasteiger partial charge in [0.15, 0.2) is 13.2 Å². The van der Waals surface area contributed by atoms with Crippen LogP contribution in [0.1, 0.15) is 56.6 Å². The molecule has 0 radical (unpaired) electrons. The summed E-state index contributed by atoms with van der Waals surface area (Å²) in [5.74, 6) is 0.615. The first kappa shape index (κ1) is 27.4. The predicted octanol–water partition coefficient (Wildman–Crippen LogP) is 5.05. The third-order valence-corrected chi connectivity index (χ3v) is 6.47. The molecule has 202 valence electrons. The van der Waals surface area contributed by atoms with E-state index in [2.05, 4.69) is 63.2 Å². The van der Waals surface area contributed by atoms with Crippen LogP contribution in [0.5, 0.6) is 5.75 Å². The van der Waals surface area contributed by atoms with Crippen LogP contribution in [0.15, 0.2) is 59.8 Å². The van der Waals surface area contributed by atoms with Crippen LogP contribution in [0.4, 0.5) is 0 Å². The molecule has 1 amide bonds. The Morgan fingerprint density at radius 1 is 1.05 bits per heavy atom. The summed E-state index contributed by atoms with van der Waals surface area (Å²) in [6, 6.07) is 18.0. The molecule has 1 aliphatic rings. The lowest BCUT2D eigenvalue weighted by Crippen LogP contribution is -2.42. The highest BCUT2D eigenvalue weighted by atomic mass is 16.6. The lowest BCUT2D eigenvalue weighted by atomic mass is 9.92. The molecule has 0 atom stereocenters. The van der Waals surface area contributed by atoms with E-state index in [-0.39, 0.29) is 17.9 Å². The van der Waals surface area contributed by atoms with E-state index >= 15 is 0 Å². The van der Waals surface area contributed by atoms with E-state index in [1.165, 1.54) is 5.56 Å². The predicted molar refractivity (Wildman–Crippen MR) is 148 cm³/mol. The summed E-state index contributed by atoms with van der Waals surface area (Å²) in [5, 5.41) is 9.32. The maximum Gasteiger partial charge on any atom is 0.260 e. The quantitative estimate of drug-likeness (QED) is 0.293. The zero-order valence-corrected chi connectivity index (χ0v) is 23.1. The highest BCUT2D eigenvalue weighted by Gasteiger charge is 2.21. The number of carbonyl (C=O) groups is 1. The van der Waals surface area contributed by atoms with Crippen LogP contribution in [-0.4, -0.2) is 59.2 Å². The second-order valence-corrected chi connectivity index (χ2v) is 10.5. The standard InChI is InChI=1S/C30H38N4O4/c1-6-27(23-9-13-26(14-10-23)37-21-29(35)33-15-17-36-18-16-33)32-38-20-25-19-28(30(3,4)5)31-34(25)24-11-7-22(2)8-12-24/h7-14,19H,6,15-18,20-21H2,1-5H3/b32-27-. The van der Waals surface area contributed by atoms with Crippen LogP contribution in [0.2, 0.25) is 0 Å². The Hall–Kier alpha value is -3.65. The molecular weight excluding hydrogens is 480 g/mol. The van der Waals surface area contributed by atoms with E-state index in [1.54, 1.807) is 4.90 Å². The van der Waals surface area contributed by atoms with E-state index in [1.807, 2.05) is 35.9 Å². The van der Waals surface area contributed by atoms with Crippen LogP contribution in [0, 0.1) is 6.92 Å². The van der Waals surface area contributed by atoms with Crippen molar-refractivity contribution in [3.63, 3.8) is 0 Å². The Bertz CT molecular complexity index is 1230. The van der Waals surface area contributed by atoms with E-state index in [0.29, 0.717) is 45.1 Å². The summed E-state index contributed by atoms with van der Waals surface area (Å²) < 4.78 is 12.9. The molecule has 2 aromatic carbocycles. The van der Waals surface area contributed by atoms with Crippen molar-refractivity contribution in [3.05, 3.63) is 77.1 Å². The van der Waals surface area contributed by atoms with Crippen molar-refractivity contribution >= 4 is 11.6 Å². The second-order valence-electron chi connectivity index (χ2n) is 10.5. The van der Waals surface area contributed by atoms with Crippen molar-refractivity contribution in [3.8, 4) is 11.4 Å². The van der Waals surface area contributed by atoms with Gasteiger partial charge in [-0.2, -0.15) is 5.10 Å². The van der Waals surface area contributed by atoms with Crippen LogP contribution in [0.3, 0.4) is 0 Å². The second kappa shape index (κ2) is 12.3. The Morgan fingerprint density at radius 2 is 1.74 bits per heavy atom. The first-order valence-corrected chi connectivity index (χ1v) is 13.2. The lowest BCUT2D eigenvalue weighted by Gasteiger charge is -2.26. The van der Waals surface area contributed by atoms with Crippen LogP contribution >= 0.6 is 0 Å². The number of rotatable bonds is 9. The molecular formula is C30H38N4O4. The van der Waals surface area contributed by atoms with E-state index in [4.69, 9.17) is 19.4 Å². The number of hydrogen-bond donors (Lipinski definition) is 0. The van der Waals surface area contributed by atoms with Gasteiger partial charge in [0, 0.05) is 18.5 Å². The van der Waals surface area contributed by atoms with Gasteiger partial charge in [-0.25, -0.2) is 4.68 Å². The summed E-state index contributed by atoms with van der Waals surface area (Å²) in [5.41, 5.74) is 5.82. The van der Waals surface area contributed by atoms with Gasteiger partial charge in [-0.1, -0.05) is 50.5 Å². The van der Waals surface area contributed by atoms with Crippen molar-refractivity contribution in [2.75, 3.05) is 32.9 Å². The van der Waals surface area contributed by atoms with Gasteiger partial charge in [0.05, 0.1) is 36.0 Å². The molecule has 1 aromatic heterocycles. The normalized spacial score (nSPS) is 14.4. The number of benzene rings is 2. The minimum absolute atomic E-state index is 0.0163. The first-order chi connectivity index (χ1) is 18.2. The van der Waals surface area contributed by atoms with Crippen molar-refractivity contribution in [1.29, 1.82) is 0 Å². The van der Waals surface area contributed by atoms with E-state index < -0.39 is 0 Å². The van der Waals surface area contributed by atoms with Gasteiger partial charge < -0.3 is 19.2 Å². The van der Waals surface area contributed by atoms with E-state index in [0.717, 1.165) is 28.4 Å². The highest BCUT2D eigenvalue weighted by molar-refractivity contribution is 6.00. The number of amides is 1. The summed E-state index contributed by atoms with van der Waals surface area (Å²) in [6.45, 7) is 13.3. The number of nitrogens with zero attached hydrogens (tertiary/aromatic N) is 4. The molecule has 3 aromatic rings. The number of aromatic nitrogens is 2. The molecule has 1 fully saturated rings. The fourth-order valence-electron chi connectivity index (χ4n) is 4.09. The Kier molecular flexibility index (Phi) is 8.84. The molecule has 1 aliphatic heterocycles. The summed E-state index contributed by atoms with van der Waals surface area (Å²) >= 11 is 0. The molecule has 8 heteroatoms.